The van der Waals surface area contributed by atoms with E-state index in [1.807, 2.05) is 37.1 Å². The molecule has 1 saturated heterocycles. The van der Waals surface area contributed by atoms with E-state index in [0.717, 1.165) is 49.5 Å². The number of rotatable bonds is 7. The third-order valence-electron chi connectivity index (χ3n) is 5.27. The van der Waals surface area contributed by atoms with Gasteiger partial charge >= 0.3 is 0 Å². The van der Waals surface area contributed by atoms with Crippen molar-refractivity contribution in [3.8, 4) is 0 Å². The van der Waals surface area contributed by atoms with Gasteiger partial charge in [-0.1, -0.05) is 10.6 Å². The lowest BCUT2D eigenvalue weighted by atomic mass is 9.93. The van der Waals surface area contributed by atoms with E-state index < -0.39 is 0 Å². The molecule has 150 valence electrons. The highest BCUT2D eigenvalue weighted by molar-refractivity contribution is 7.07. The molecule has 0 radical (unpaired) electrons. The van der Waals surface area contributed by atoms with Gasteiger partial charge in [0.1, 0.15) is 4.88 Å². The molecule has 28 heavy (non-hydrogen) atoms. The van der Waals surface area contributed by atoms with Crippen LogP contribution in [0.25, 0.3) is 0 Å². The van der Waals surface area contributed by atoms with Crippen molar-refractivity contribution in [1.29, 1.82) is 0 Å². The smallest absolute Gasteiger partial charge is 0.267 e. The molecule has 0 bridgehead atoms. The number of likely N-dealkylation sites (N-methyl/N-ethyl adjacent to an activating group) is 1. The standard InChI is InChI=1S/C20H27N5O2S/c1-15-19(28-23-22-15)20(27)25-12-5-6-16(14-25)8-9-18(26)24(2)13-10-17-7-3-4-11-21-17/h3-4,7,11,16H,5-6,8-10,12-14H2,1-2H3/t16-/m0/s1. The number of piperidine rings is 1. The summed E-state index contributed by atoms with van der Waals surface area (Å²) in [6.45, 7) is 3.96. The number of amides is 2. The Bertz CT molecular complexity index is 795. The molecule has 7 nitrogen and oxygen atoms in total. The first kappa shape index (κ1) is 20.4. The molecule has 3 heterocycles. The molecule has 3 rings (SSSR count). The van der Waals surface area contributed by atoms with Crippen molar-refractivity contribution in [3.05, 3.63) is 40.7 Å². The van der Waals surface area contributed by atoms with Crippen molar-refractivity contribution in [3.63, 3.8) is 0 Å². The maximum absolute atomic E-state index is 12.7. The summed E-state index contributed by atoms with van der Waals surface area (Å²) in [6, 6.07) is 5.83. The molecule has 0 unspecified atom stereocenters. The first-order valence-electron chi connectivity index (χ1n) is 9.76. The van der Waals surface area contributed by atoms with Crippen LogP contribution in [0.1, 0.15) is 46.7 Å². The Morgan fingerprint density at radius 2 is 2.21 bits per heavy atom. The molecule has 0 aromatic carbocycles. The number of hydrogen-bond donors (Lipinski definition) is 0. The highest BCUT2D eigenvalue weighted by Crippen LogP contribution is 2.24. The molecule has 1 aliphatic heterocycles. The predicted molar refractivity (Wildman–Crippen MR) is 108 cm³/mol. The highest BCUT2D eigenvalue weighted by Gasteiger charge is 2.27. The van der Waals surface area contributed by atoms with Crippen LogP contribution >= 0.6 is 11.5 Å². The van der Waals surface area contributed by atoms with Crippen molar-refractivity contribution in [2.24, 2.45) is 5.92 Å². The molecule has 1 atom stereocenters. The third kappa shape index (κ3) is 5.34. The van der Waals surface area contributed by atoms with Crippen LogP contribution in [0.15, 0.2) is 24.4 Å². The number of aromatic nitrogens is 3. The average Bonchev–Trinajstić information content (AvgIpc) is 3.16. The molecule has 0 saturated carbocycles. The second kappa shape index (κ2) is 9.73. The van der Waals surface area contributed by atoms with Gasteiger partial charge in [0.15, 0.2) is 0 Å². The van der Waals surface area contributed by atoms with E-state index in [1.165, 1.54) is 0 Å². The molecule has 0 N–H and O–H groups in total. The Balaban J connectivity index is 1.44. The third-order valence-corrected chi connectivity index (χ3v) is 6.09. The molecular weight excluding hydrogens is 374 g/mol. The van der Waals surface area contributed by atoms with E-state index in [4.69, 9.17) is 0 Å². The van der Waals surface area contributed by atoms with Crippen molar-refractivity contribution >= 4 is 23.3 Å². The predicted octanol–water partition coefficient (Wildman–Crippen LogP) is 2.58. The molecule has 2 aromatic heterocycles. The van der Waals surface area contributed by atoms with E-state index in [2.05, 4.69) is 14.6 Å². The maximum atomic E-state index is 12.7. The van der Waals surface area contributed by atoms with Gasteiger partial charge in [-0.25, -0.2) is 0 Å². The van der Waals surface area contributed by atoms with Crippen LogP contribution in [-0.2, 0) is 11.2 Å². The SMILES string of the molecule is Cc1nnsc1C(=O)N1CCC[C@@H](CCC(=O)N(C)CCc2ccccn2)C1. The fourth-order valence-electron chi connectivity index (χ4n) is 3.53. The number of aryl methyl sites for hydroxylation is 1. The van der Waals surface area contributed by atoms with Crippen molar-refractivity contribution in [1.82, 2.24) is 24.4 Å². The molecule has 1 fully saturated rings. The number of carbonyl (C=O) groups excluding carboxylic acids is 2. The summed E-state index contributed by atoms with van der Waals surface area (Å²) in [5.41, 5.74) is 1.69. The molecule has 1 aliphatic rings. The summed E-state index contributed by atoms with van der Waals surface area (Å²) in [6.07, 6.45) is 5.91. The Morgan fingerprint density at radius 3 is 2.93 bits per heavy atom. The molecular formula is C20H27N5O2S. The van der Waals surface area contributed by atoms with Crippen LogP contribution in [-0.4, -0.2) is 62.9 Å². The number of pyridine rings is 1. The summed E-state index contributed by atoms with van der Waals surface area (Å²) in [7, 11) is 1.85. The van der Waals surface area contributed by atoms with Gasteiger partial charge in [-0.15, -0.1) is 5.10 Å². The van der Waals surface area contributed by atoms with E-state index in [9.17, 15) is 9.59 Å². The van der Waals surface area contributed by atoms with Crippen LogP contribution in [0.4, 0.5) is 0 Å². The van der Waals surface area contributed by atoms with Gasteiger partial charge < -0.3 is 9.80 Å². The number of carbonyl (C=O) groups is 2. The Kier molecular flexibility index (Phi) is 7.08. The van der Waals surface area contributed by atoms with Crippen molar-refractivity contribution in [2.45, 2.75) is 39.0 Å². The zero-order chi connectivity index (χ0) is 19.9. The van der Waals surface area contributed by atoms with E-state index in [-0.39, 0.29) is 11.8 Å². The summed E-state index contributed by atoms with van der Waals surface area (Å²) in [5.74, 6) is 0.546. The van der Waals surface area contributed by atoms with Gasteiger partial charge in [0.25, 0.3) is 5.91 Å². The lowest BCUT2D eigenvalue weighted by Gasteiger charge is -2.32. The van der Waals surface area contributed by atoms with Gasteiger partial charge in [-0.05, 0) is 55.8 Å². The van der Waals surface area contributed by atoms with Crippen LogP contribution in [0.2, 0.25) is 0 Å². The van der Waals surface area contributed by atoms with Crippen molar-refractivity contribution < 1.29 is 9.59 Å². The Hall–Kier alpha value is -2.35. The van der Waals surface area contributed by atoms with Crippen molar-refractivity contribution in [2.75, 3.05) is 26.7 Å². The van der Waals surface area contributed by atoms with Gasteiger partial charge in [0.05, 0.1) is 5.69 Å². The lowest BCUT2D eigenvalue weighted by molar-refractivity contribution is -0.130. The van der Waals surface area contributed by atoms with Gasteiger partial charge in [-0.2, -0.15) is 0 Å². The van der Waals surface area contributed by atoms with Crippen LogP contribution in [0, 0.1) is 12.8 Å². The molecule has 0 spiro atoms. The number of likely N-dealkylation sites (tertiary alicyclic amines) is 1. The zero-order valence-corrected chi connectivity index (χ0v) is 17.3. The summed E-state index contributed by atoms with van der Waals surface area (Å²) >= 11 is 1.16. The minimum absolute atomic E-state index is 0.0241. The molecule has 2 amide bonds. The van der Waals surface area contributed by atoms with Gasteiger partial charge in [0.2, 0.25) is 5.91 Å². The number of nitrogens with zero attached hydrogens (tertiary/aromatic N) is 5. The minimum Gasteiger partial charge on any atom is -0.345 e. The number of hydrogen-bond acceptors (Lipinski definition) is 6. The Morgan fingerprint density at radius 1 is 1.36 bits per heavy atom. The fourth-order valence-corrected chi connectivity index (χ4v) is 4.15. The largest absolute Gasteiger partial charge is 0.345 e. The Labute approximate surface area is 169 Å². The van der Waals surface area contributed by atoms with Gasteiger partial charge in [-0.3, -0.25) is 14.6 Å². The zero-order valence-electron chi connectivity index (χ0n) is 16.5. The summed E-state index contributed by atoms with van der Waals surface area (Å²) < 4.78 is 3.86. The first-order valence-corrected chi connectivity index (χ1v) is 10.5. The van der Waals surface area contributed by atoms with Crippen LogP contribution < -0.4 is 0 Å². The summed E-state index contributed by atoms with van der Waals surface area (Å²) in [5, 5.41) is 3.94. The maximum Gasteiger partial charge on any atom is 0.267 e. The molecule has 0 aliphatic carbocycles. The fraction of sp³-hybridized carbons (Fsp3) is 0.550. The quantitative estimate of drug-likeness (QED) is 0.712. The second-order valence-corrected chi connectivity index (χ2v) is 8.13. The molecule has 2 aromatic rings. The average molecular weight is 402 g/mol. The van der Waals surface area contributed by atoms with E-state index in [0.29, 0.717) is 36.0 Å². The van der Waals surface area contributed by atoms with Crippen LogP contribution in [0.3, 0.4) is 0 Å². The van der Waals surface area contributed by atoms with E-state index in [1.54, 1.807) is 11.1 Å². The van der Waals surface area contributed by atoms with E-state index >= 15 is 0 Å². The topological polar surface area (TPSA) is 79.3 Å². The molecule has 8 heteroatoms. The minimum atomic E-state index is 0.0241. The lowest BCUT2D eigenvalue weighted by Crippen LogP contribution is -2.40. The van der Waals surface area contributed by atoms with Crippen LogP contribution in [0.5, 0.6) is 0 Å². The monoisotopic (exact) mass is 401 g/mol. The summed E-state index contributed by atoms with van der Waals surface area (Å²) in [4.78, 5) is 33.7. The second-order valence-electron chi connectivity index (χ2n) is 7.37. The normalized spacial score (nSPS) is 16.8. The highest BCUT2D eigenvalue weighted by atomic mass is 32.1. The van der Waals surface area contributed by atoms with Gasteiger partial charge in [0, 0.05) is 51.4 Å². The first-order chi connectivity index (χ1) is 13.5.